The second kappa shape index (κ2) is 9.85. The van der Waals surface area contributed by atoms with E-state index in [9.17, 15) is 19.5 Å². The number of fused-ring (bicyclic) bond motifs is 2. The Morgan fingerprint density at radius 3 is 2.73 bits per heavy atom. The van der Waals surface area contributed by atoms with Crippen molar-refractivity contribution in [1.29, 1.82) is 0 Å². The first kappa shape index (κ1) is 25.9. The maximum Gasteiger partial charge on any atom is 0.312 e. The summed E-state index contributed by atoms with van der Waals surface area (Å²) in [4.78, 5) is 44.2. The number of carbonyl (C=O) groups excluding carboxylic acids is 3. The number of aliphatic hydroxyl groups is 1. The average molecular weight is 571 g/mol. The monoisotopic (exact) mass is 570 g/mol. The van der Waals surface area contributed by atoms with E-state index >= 15 is 0 Å². The van der Waals surface area contributed by atoms with Crippen molar-refractivity contribution in [2.24, 2.45) is 11.8 Å². The van der Waals surface area contributed by atoms with Crippen LogP contribution in [0.5, 0.6) is 0 Å². The van der Waals surface area contributed by atoms with Crippen LogP contribution < -0.4 is 4.90 Å². The molecule has 1 unspecified atom stereocenters. The molecule has 37 heavy (non-hydrogen) atoms. The number of hydrogen-bond acceptors (Lipinski definition) is 6. The highest BCUT2D eigenvalue weighted by atomic mass is 79.9. The van der Waals surface area contributed by atoms with E-state index in [1.807, 2.05) is 42.5 Å². The van der Waals surface area contributed by atoms with Crippen LogP contribution in [-0.2, 0) is 23.9 Å². The van der Waals surface area contributed by atoms with Crippen LogP contribution in [0.2, 0.25) is 0 Å². The fraction of sp³-hybridized carbons (Fsp3) is 0.464. The van der Waals surface area contributed by atoms with E-state index in [4.69, 9.17) is 9.47 Å². The molecule has 0 saturated carbocycles. The SMILES string of the molecule is C=CCN(C(=O)[C@@H]1N([C@H](C)CO)C(=O)[C@H]2[C@H](C(=O)OCC)[C@H]3O[C@@]12CC3Br)c1ccc2ccccc2c1. The third-order valence-electron chi connectivity index (χ3n) is 7.88. The summed E-state index contributed by atoms with van der Waals surface area (Å²) in [6.07, 6.45) is 1.44. The van der Waals surface area contributed by atoms with Crippen LogP contribution >= 0.6 is 15.9 Å². The molecule has 3 aliphatic rings. The third kappa shape index (κ3) is 3.90. The summed E-state index contributed by atoms with van der Waals surface area (Å²) in [6.45, 7) is 7.32. The minimum atomic E-state index is -1.22. The van der Waals surface area contributed by atoms with Gasteiger partial charge in [-0.1, -0.05) is 52.3 Å². The van der Waals surface area contributed by atoms with E-state index in [1.165, 1.54) is 4.90 Å². The number of ether oxygens (including phenoxy) is 2. The van der Waals surface area contributed by atoms with Crippen molar-refractivity contribution < 1.29 is 29.0 Å². The summed E-state index contributed by atoms with van der Waals surface area (Å²) in [5.74, 6) is -2.90. The zero-order chi connectivity index (χ0) is 26.5. The summed E-state index contributed by atoms with van der Waals surface area (Å²) in [7, 11) is 0. The normalized spacial score (nSPS) is 30.9. The summed E-state index contributed by atoms with van der Waals surface area (Å²) in [5, 5.41) is 12.1. The minimum absolute atomic E-state index is 0.178. The van der Waals surface area contributed by atoms with Crippen LogP contribution in [-0.4, -0.2) is 76.2 Å². The van der Waals surface area contributed by atoms with Crippen LogP contribution in [0.15, 0.2) is 55.1 Å². The molecule has 2 bridgehead atoms. The number of benzene rings is 2. The van der Waals surface area contributed by atoms with Gasteiger partial charge in [0, 0.05) is 17.1 Å². The maximum atomic E-state index is 14.5. The van der Waals surface area contributed by atoms with Crippen LogP contribution in [0.25, 0.3) is 10.8 Å². The number of hydrogen-bond donors (Lipinski definition) is 1. The fourth-order valence-electron chi connectivity index (χ4n) is 6.36. The Bertz CT molecular complexity index is 1250. The molecule has 8 nitrogen and oxygen atoms in total. The molecule has 3 fully saturated rings. The van der Waals surface area contributed by atoms with Gasteiger partial charge in [-0.25, -0.2) is 0 Å². The first-order valence-corrected chi connectivity index (χ1v) is 13.5. The molecule has 3 heterocycles. The minimum Gasteiger partial charge on any atom is -0.466 e. The molecule has 0 aliphatic carbocycles. The van der Waals surface area contributed by atoms with Gasteiger partial charge in [0.2, 0.25) is 5.91 Å². The van der Waals surface area contributed by atoms with Crippen LogP contribution in [0.3, 0.4) is 0 Å². The first-order chi connectivity index (χ1) is 17.8. The van der Waals surface area contributed by atoms with Gasteiger partial charge in [0.05, 0.1) is 37.2 Å². The lowest BCUT2D eigenvalue weighted by Gasteiger charge is -2.38. The third-order valence-corrected chi connectivity index (χ3v) is 8.73. The summed E-state index contributed by atoms with van der Waals surface area (Å²) < 4.78 is 11.8. The molecule has 0 radical (unpaired) electrons. The Kier molecular flexibility index (Phi) is 6.89. The summed E-state index contributed by atoms with van der Waals surface area (Å²) >= 11 is 3.64. The standard InChI is InChI=1S/C28H31BrN2O6/c1-4-12-30(19-11-10-17-8-6-7-9-18(17)13-19)26(34)24-28-14-20(29)23(37-28)21(27(35)36-5-2)22(28)25(33)31(24)16(3)15-32/h4,6-11,13,16,20-24,32H,1,5,12,14-15H2,2-3H3/t16-,20?,21+,22-,23+,24+,28-/m1/s1. The Balaban J connectivity index is 1.61. The number of alkyl halides is 1. The van der Waals surface area contributed by atoms with Crippen molar-refractivity contribution in [1.82, 2.24) is 4.90 Å². The zero-order valence-corrected chi connectivity index (χ0v) is 22.5. The van der Waals surface area contributed by atoms with Gasteiger partial charge in [-0.15, -0.1) is 6.58 Å². The van der Waals surface area contributed by atoms with Gasteiger partial charge < -0.3 is 24.4 Å². The maximum absolute atomic E-state index is 14.5. The first-order valence-electron chi connectivity index (χ1n) is 12.6. The molecule has 2 aromatic rings. The lowest BCUT2D eigenvalue weighted by atomic mass is 9.70. The van der Waals surface area contributed by atoms with Gasteiger partial charge in [-0.05, 0) is 43.2 Å². The molecule has 1 N–H and O–H groups in total. The van der Waals surface area contributed by atoms with Crippen molar-refractivity contribution in [3.05, 3.63) is 55.1 Å². The summed E-state index contributed by atoms with van der Waals surface area (Å²) in [5.41, 5.74) is -0.554. The smallest absolute Gasteiger partial charge is 0.312 e. The Morgan fingerprint density at radius 1 is 1.32 bits per heavy atom. The van der Waals surface area contributed by atoms with Gasteiger partial charge >= 0.3 is 5.97 Å². The van der Waals surface area contributed by atoms with Crippen LogP contribution in [0, 0.1) is 11.8 Å². The zero-order valence-electron chi connectivity index (χ0n) is 20.9. The van der Waals surface area contributed by atoms with Gasteiger partial charge in [-0.2, -0.15) is 0 Å². The van der Waals surface area contributed by atoms with E-state index in [1.54, 1.807) is 24.8 Å². The quantitative estimate of drug-likeness (QED) is 0.298. The predicted octanol–water partition coefficient (Wildman–Crippen LogP) is 3.05. The van der Waals surface area contributed by atoms with Gasteiger partial charge in [0.15, 0.2) is 0 Å². The van der Waals surface area contributed by atoms with E-state index in [2.05, 4.69) is 22.5 Å². The second-order valence-electron chi connectivity index (χ2n) is 9.96. The fourth-order valence-corrected chi connectivity index (χ4v) is 7.30. The lowest BCUT2D eigenvalue weighted by molar-refractivity contribution is -0.155. The predicted molar refractivity (Wildman–Crippen MR) is 142 cm³/mol. The molecule has 2 aromatic carbocycles. The molecule has 9 heteroatoms. The Morgan fingerprint density at radius 2 is 2.05 bits per heavy atom. The number of aliphatic hydroxyl groups excluding tert-OH is 1. The lowest BCUT2D eigenvalue weighted by Crippen LogP contribution is -2.58. The van der Waals surface area contributed by atoms with E-state index in [0.29, 0.717) is 12.1 Å². The van der Waals surface area contributed by atoms with Gasteiger partial charge in [0.25, 0.3) is 5.91 Å². The van der Waals surface area contributed by atoms with Gasteiger partial charge in [0.1, 0.15) is 11.6 Å². The largest absolute Gasteiger partial charge is 0.466 e. The molecule has 5 rings (SSSR count). The van der Waals surface area contributed by atoms with Crippen LogP contribution in [0.4, 0.5) is 5.69 Å². The molecule has 0 aromatic heterocycles. The number of nitrogens with zero attached hydrogens (tertiary/aromatic N) is 2. The number of amides is 2. The highest BCUT2D eigenvalue weighted by molar-refractivity contribution is 9.09. The number of esters is 1. The Labute approximate surface area is 224 Å². The molecule has 3 saturated heterocycles. The molecular weight excluding hydrogens is 540 g/mol. The second-order valence-corrected chi connectivity index (χ2v) is 11.1. The van der Waals surface area contributed by atoms with Crippen molar-refractivity contribution in [3.8, 4) is 0 Å². The van der Waals surface area contributed by atoms with Crippen molar-refractivity contribution in [2.45, 2.75) is 48.9 Å². The highest BCUT2D eigenvalue weighted by Gasteiger charge is 2.77. The Hall–Kier alpha value is -2.75. The van der Waals surface area contributed by atoms with E-state index < -0.39 is 41.6 Å². The topological polar surface area (TPSA) is 96.4 Å². The van der Waals surface area contributed by atoms with Crippen molar-refractivity contribution in [2.75, 3.05) is 24.7 Å². The van der Waals surface area contributed by atoms with E-state index in [0.717, 1.165) is 10.8 Å². The average Bonchev–Trinajstić information content (AvgIpc) is 3.49. The highest BCUT2D eigenvalue weighted by Crippen LogP contribution is 2.60. The number of carbonyl (C=O) groups is 3. The number of likely N-dealkylation sites (tertiary alicyclic amines) is 1. The number of anilines is 1. The van der Waals surface area contributed by atoms with Crippen LogP contribution in [0.1, 0.15) is 20.3 Å². The molecular formula is C28H31BrN2O6. The number of rotatable bonds is 8. The molecule has 196 valence electrons. The molecule has 3 aliphatic heterocycles. The van der Waals surface area contributed by atoms with Crippen molar-refractivity contribution >= 4 is 50.2 Å². The van der Waals surface area contributed by atoms with Crippen molar-refractivity contribution in [3.63, 3.8) is 0 Å². The summed E-state index contributed by atoms with van der Waals surface area (Å²) in [6, 6.07) is 12.0. The molecule has 1 spiro atoms. The number of halogens is 1. The van der Waals surface area contributed by atoms with Gasteiger partial charge in [-0.3, -0.25) is 14.4 Å². The molecule has 2 amide bonds. The molecule has 7 atom stereocenters. The van der Waals surface area contributed by atoms with E-state index in [-0.39, 0.29) is 36.4 Å².